The lowest BCUT2D eigenvalue weighted by molar-refractivity contribution is 0.244. The molecule has 28 heavy (non-hydrogen) atoms. The summed E-state index contributed by atoms with van der Waals surface area (Å²) in [4.78, 5) is 15.2. The highest BCUT2D eigenvalue weighted by Gasteiger charge is 2.23. The Balaban J connectivity index is 1.51. The fourth-order valence-corrected chi connectivity index (χ4v) is 3.71. The number of H-pyrrole nitrogens is 1. The maximum Gasteiger partial charge on any atom is 0.271 e. The zero-order valence-electron chi connectivity index (χ0n) is 15.8. The zero-order valence-corrected chi connectivity index (χ0v) is 15.8. The highest BCUT2D eigenvalue weighted by molar-refractivity contribution is 5.34. The predicted molar refractivity (Wildman–Crippen MR) is 106 cm³/mol. The van der Waals surface area contributed by atoms with Gasteiger partial charge < -0.3 is 4.74 Å². The smallest absolute Gasteiger partial charge is 0.271 e. The first-order valence-corrected chi connectivity index (χ1v) is 9.32. The molecule has 0 saturated carbocycles. The Morgan fingerprint density at radius 3 is 2.68 bits per heavy atom. The van der Waals surface area contributed by atoms with Crippen LogP contribution in [0.2, 0.25) is 0 Å². The van der Waals surface area contributed by atoms with Crippen LogP contribution in [0.4, 0.5) is 0 Å². The third-order valence-corrected chi connectivity index (χ3v) is 5.21. The number of aromatic amines is 1. The minimum Gasteiger partial charge on any atom is -0.496 e. The van der Waals surface area contributed by atoms with Crippen molar-refractivity contribution in [1.29, 1.82) is 5.26 Å². The van der Waals surface area contributed by atoms with E-state index in [2.05, 4.69) is 16.1 Å². The second-order valence-electron chi connectivity index (χ2n) is 7.04. The summed E-state index contributed by atoms with van der Waals surface area (Å²) in [5.41, 5.74) is 4.68. The molecule has 1 aliphatic rings. The number of hydrogen-bond donors (Lipinski definition) is 1. The van der Waals surface area contributed by atoms with Crippen molar-refractivity contribution in [2.45, 2.75) is 26.1 Å². The van der Waals surface area contributed by atoms with E-state index in [4.69, 9.17) is 10.00 Å². The normalized spacial score (nSPS) is 13.7. The van der Waals surface area contributed by atoms with E-state index in [9.17, 15) is 4.79 Å². The standard InChI is InChI=1S/C22H22N4O2/c1-28-21-5-3-2-4-18(21)14-26-22(27)19-15-25(11-10-20(19)24-26)13-17-8-6-16(12-23)7-9-17/h2-9,24H,10-11,13-15H2,1H3. The molecule has 1 aliphatic heterocycles. The van der Waals surface area contributed by atoms with Gasteiger partial charge in [-0.15, -0.1) is 0 Å². The molecule has 2 heterocycles. The van der Waals surface area contributed by atoms with Gasteiger partial charge in [-0.25, -0.2) is 4.68 Å². The molecule has 0 radical (unpaired) electrons. The van der Waals surface area contributed by atoms with E-state index in [0.717, 1.165) is 47.6 Å². The van der Waals surface area contributed by atoms with Crippen molar-refractivity contribution >= 4 is 0 Å². The van der Waals surface area contributed by atoms with E-state index in [0.29, 0.717) is 18.7 Å². The number of benzene rings is 2. The van der Waals surface area contributed by atoms with Gasteiger partial charge >= 0.3 is 0 Å². The summed E-state index contributed by atoms with van der Waals surface area (Å²) < 4.78 is 7.08. The number of nitrogens with one attached hydrogen (secondary N) is 1. The van der Waals surface area contributed by atoms with Gasteiger partial charge in [0.2, 0.25) is 0 Å². The number of aromatic nitrogens is 2. The van der Waals surface area contributed by atoms with Crippen LogP contribution in [-0.2, 0) is 26.1 Å². The SMILES string of the molecule is COc1ccccc1Cn1[nH]c2c(c1=O)CN(Cc1ccc(C#N)cc1)CC2. The van der Waals surface area contributed by atoms with Crippen LogP contribution in [-0.4, -0.2) is 28.3 Å². The van der Waals surface area contributed by atoms with Crippen LogP contribution in [0.25, 0.3) is 0 Å². The fraction of sp³-hybridized carbons (Fsp3) is 0.273. The van der Waals surface area contributed by atoms with Crippen molar-refractivity contribution in [2.24, 2.45) is 0 Å². The summed E-state index contributed by atoms with van der Waals surface area (Å²) in [6.45, 7) is 2.75. The number of fused-ring (bicyclic) bond motifs is 1. The molecule has 142 valence electrons. The lowest BCUT2D eigenvalue weighted by Crippen LogP contribution is -2.32. The van der Waals surface area contributed by atoms with E-state index in [1.807, 2.05) is 48.5 Å². The first-order valence-electron chi connectivity index (χ1n) is 9.32. The average Bonchev–Trinajstić information content (AvgIpc) is 3.04. The van der Waals surface area contributed by atoms with Crippen LogP contribution in [0.15, 0.2) is 53.3 Å². The maximum atomic E-state index is 12.9. The van der Waals surface area contributed by atoms with Gasteiger partial charge in [0.1, 0.15) is 5.75 Å². The lowest BCUT2D eigenvalue weighted by Gasteiger charge is -2.25. The van der Waals surface area contributed by atoms with Crippen molar-refractivity contribution in [1.82, 2.24) is 14.7 Å². The number of rotatable bonds is 5. The van der Waals surface area contributed by atoms with E-state index in [-0.39, 0.29) is 5.56 Å². The van der Waals surface area contributed by atoms with Gasteiger partial charge in [-0.1, -0.05) is 30.3 Å². The molecule has 3 aromatic rings. The Morgan fingerprint density at radius 1 is 1.14 bits per heavy atom. The molecular formula is C22H22N4O2. The largest absolute Gasteiger partial charge is 0.496 e. The zero-order chi connectivity index (χ0) is 19.5. The minimum atomic E-state index is 0.0328. The van der Waals surface area contributed by atoms with Gasteiger partial charge in [-0.2, -0.15) is 5.26 Å². The number of para-hydroxylation sites is 1. The molecule has 0 atom stereocenters. The summed E-state index contributed by atoms with van der Waals surface area (Å²) in [7, 11) is 1.64. The number of hydrogen-bond acceptors (Lipinski definition) is 4. The van der Waals surface area contributed by atoms with Gasteiger partial charge in [-0.05, 0) is 23.8 Å². The van der Waals surface area contributed by atoms with Crippen LogP contribution in [0.1, 0.15) is 27.9 Å². The highest BCUT2D eigenvalue weighted by atomic mass is 16.5. The molecule has 0 fully saturated rings. The van der Waals surface area contributed by atoms with Crippen molar-refractivity contribution in [3.05, 3.63) is 86.8 Å². The molecule has 0 bridgehead atoms. The first kappa shape index (κ1) is 18.1. The lowest BCUT2D eigenvalue weighted by atomic mass is 10.1. The number of nitrogens with zero attached hydrogens (tertiary/aromatic N) is 3. The van der Waals surface area contributed by atoms with Crippen molar-refractivity contribution in [3.8, 4) is 11.8 Å². The molecule has 0 spiro atoms. The molecule has 0 unspecified atom stereocenters. The third kappa shape index (κ3) is 3.57. The van der Waals surface area contributed by atoms with E-state index >= 15 is 0 Å². The summed E-state index contributed by atoms with van der Waals surface area (Å²) in [6.07, 6.45) is 0.819. The molecule has 1 N–H and O–H groups in total. The molecule has 0 saturated heterocycles. The minimum absolute atomic E-state index is 0.0328. The summed E-state index contributed by atoms with van der Waals surface area (Å²) in [5.74, 6) is 0.782. The van der Waals surface area contributed by atoms with Gasteiger partial charge in [0, 0.05) is 37.3 Å². The van der Waals surface area contributed by atoms with Gasteiger partial charge in [0.15, 0.2) is 0 Å². The first-order chi connectivity index (χ1) is 13.7. The second kappa shape index (κ2) is 7.75. The van der Waals surface area contributed by atoms with Crippen LogP contribution < -0.4 is 10.3 Å². The Bertz CT molecular complexity index is 1070. The predicted octanol–water partition coefficient (Wildman–Crippen LogP) is 2.66. The Labute approximate surface area is 163 Å². The average molecular weight is 374 g/mol. The Kier molecular flexibility index (Phi) is 5.00. The van der Waals surface area contributed by atoms with Crippen molar-refractivity contribution in [2.75, 3.05) is 13.7 Å². The molecule has 0 aliphatic carbocycles. The maximum absolute atomic E-state index is 12.9. The second-order valence-corrected chi connectivity index (χ2v) is 7.04. The van der Waals surface area contributed by atoms with Crippen LogP contribution in [0, 0.1) is 11.3 Å². The van der Waals surface area contributed by atoms with Crippen LogP contribution >= 0.6 is 0 Å². The monoisotopic (exact) mass is 374 g/mol. The third-order valence-electron chi connectivity index (χ3n) is 5.21. The van der Waals surface area contributed by atoms with Gasteiger partial charge in [-0.3, -0.25) is 14.8 Å². The number of ether oxygens (including phenoxy) is 1. The molecule has 1 aromatic heterocycles. The topological polar surface area (TPSA) is 74.0 Å². The molecule has 6 heteroatoms. The van der Waals surface area contributed by atoms with Crippen molar-refractivity contribution in [3.63, 3.8) is 0 Å². The highest BCUT2D eigenvalue weighted by Crippen LogP contribution is 2.20. The number of nitriles is 1. The quantitative estimate of drug-likeness (QED) is 0.745. The summed E-state index contributed by atoms with van der Waals surface area (Å²) in [6, 6.07) is 17.5. The van der Waals surface area contributed by atoms with Crippen molar-refractivity contribution < 1.29 is 4.74 Å². The van der Waals surface area contributed by atoms with Crippen LogP contribution in [0.5, 0.6) is 5.75 Å². The van der Waals surface area contributed by atoms with E-state index in [1.165, 1.54) is 0 Å². The molecule has 0 amide bonds. The fourth-order valence-electron chi connectivity index (χ4n) is 3.71. The molecule has 6 nitrogen and oxygen atoms in total. The Hall–Kier alpha value is -3.30. The van der Waals surface area contributed by atoms with Gasteiger partial charge in [0.05, 0.1) is 30.9 Å². The molecular weight excluding hydrogens is 352 g/mol. The van der Waals surface area contributed by atoms with E-state index in [1.54, 1.807) is 11.8 Å². The number of methoxy groups -OCH3 is 1. The summed E-state index contributed by atoms with van der Waals surface area (Å²) in [5, 5.41) is 12.2. The Morgan fingerprint density at radius 2 is 1.93 bits per heavy atom. The van der Waals surface area contributed by atoms with E-state index < -0.39 is 0 Å². The molecule has 2 aromatic carbocycles. The van der Waals surface area contributed by atoms with Crippen LogP contribution in [0.3, 0.4) is 0 Å². The molecule has 4 rings (SSSR count). The summed E-state index contributed by atoms with van der Waals surface area (Å²) >= 11 is 0. The van der Waals surface area contributed by atoms with Gasteiger partial charge in [0.25, 0.3) is 5.56 Å².